The first-order valence-electron chi connectivity index (χ1n) is 15.0. The smallest absolute Gasteiger partial charge is 0.251 e. The summed E-state index contributed by atoms with van der Waals surface area (Å²) in [7, 11) is 0. The molecule has 244 valence electrons. The number of Topliss-reactive ketones (excluding diaryl/α,β-unsaturated/α-hetero) is 1. The molecule has 10 unspecified atom stereocenters. The first kappa shape index (κ1) is 40.1. The van der Waals surface area contributed by atoms with E-state index in [0.717, 1.165) is 0 Å². The molecule has 45 heavy (non-hydrogen) atoms. The molecule has 11 nitrogen and oxygen atoms in total. The first-order chi connectivity index (χ1) is 20.0. The SMILES string of the molecule is CC1=C2C(O)C(=O)[C@]3(C)C(O)CC4OCC4(O)C3C(C)C(O)(CC1[C@@H](OO)C(O)C(C)NC(=O)c1ccccc1)C2(C)C.[Ac].[Ac]. The average Bonchev–Trinajstić information content (AvgIpc) is 2.96. The van der Waals surface area contributed by atoms with E-state index < -0.39 is 88.0 Å². The third-order valence-corrected chi connectivity index (χ3v) is 11.7. The summed E-state index contributed by atoms with van der Waals surface area (Å²) in [6.45, 7) is 9.86. The summed E-state index contributed by atoms with van der Waals surface area (Å²) < 4.78 is 5.59. The summed E-state index contributed by atoms with van der Waals surface area (Å²) in [5, 5.41) is 71.9. The van der Waals surface area contributed by atoms with Crippen LogP contribution in [0.4, 0.5) is 0 Å². The van der Waals surface area contributed by atoms with Gasteiger partial charge in [-0.1, -0.05) is 44.5 Å². The molecule has 0 spiro atoms. The predicted molar refractivity (Wildman–Crippen MR) is 154 cm³/mol. The van der Waals surface area contributed by atoms with Crippen LogP contribution in [0.15, 0.2) is 41.5 Å². The Hall–Kier alpha value is 0.663. The van der Waals surface area contributed by atoms with Crippen LogP contribution < -0.4 is 5.32 Å². The number of carbonyl (C=O) groups excluding carboxylic acids is 2. The van der Waals surface area contributed by atoms with Crippen LogP contribution in [0.5, 0.6) is 0 Å². The maximum atomic E-state index is 14.3. The predicted octanol–water partition coefficient (Wildman–Crippen LogP) is 1.21. The normalized spacial score (nSPS) is 40.5. The number of hydrogen-bond acceptors (Lipinski definition) is 10. The number of fused-ring (bicyclic) bond motifs is 5. The molecule has 3 aliphatic carbocycles. The van der Waals surface area contributed by atoms with Crippen LogP contribution in [0.1, 0.15) is 64.7 Å². The van der Waals surface area contributed by atoms with Gasteiger partial charge in [-0.2, -0.15) is 0 Å². The van der Waals surface area contributed by atoms with Crippen molar-refractivity contribution in [2.75, 3.05) is 6.61 Å². The Bertz CT molecular complexity index is 1310. The van der Waals surface area contributed by atoms with Crippen molar-refractivity contribution in [1.29, 1.82) is 0 Å². The monoisotopic (exact) mass is 1060 g/mol. The summed E-state index contributed by atoms with van der Waals surface area (Å²) in [6, 6.07) is 7.52. The second-order valence-corrected chi connectivity index (χ2v) is 14.0. The molecule has 1 saturated heterocycles. The topological polar surface area (TPSA) is 186 Å². The van der Waals surface area contributed by atoms with Crippen LogP contribution in [-0.4, -0.2) is 96.9 Å². The fourth-order valence-corrected chi connectivity index (χ4v) is 9.05. The Balaban J connectivity index is 0.00000276. The number of aliphatic hydroxyl groups excluding tert-OH is 3. The van der Waals surface area contributed by atoms with Crippen LogP contribution in [0.2, 0.25) is 0 Å². The fourth-order valence-electron chi connectivity index (χ4n) is 9.05. The van der Waals surface area contributed by atoms with Gasteiger partial charge in [-0.3, -0.25) is 14.8 Å². The zero-order chi connectivity index (χ0) is 31.9. The van der Waals surface area contributed by atoms with Crippen molar-refractivity contribution < 1.29 is 138 Å². The van der Waals surface area contributed by atoms with E-state index in [0.29, 0.717) is 11.1 Å². The van der Waals surface area contributed by atoms with Crippen molar-refractivity contribution in [1.82, 2.24) is 5.32 Å². The van der Waals surface area contributed by atoms with E-state index >= 15 is 0 Å². The van der Waals surface area contributed by atoms with Crippen molar-refractivity contribution in [2.45, 2.75) is 102 Å². The molecule has 1 heterocycles. The van der Waals surface area contributed by atoms with Crippen molar-refractivity contribution in [3.8, 4) is 0 Å². The quantitative estimate of drug-likeness (QED) is 0.124. The van der Waals surface area contributed by atoms with E-state index in [2.05, 4.69) is 5.32 Å². The summed E-state index contributed by atoms with van der Waals surface area (Å²) in [6.07, 6.45) is -6.64. The molecule has 5 rings (SSSR count). The number of aliphatic hydroxyl groups is 5. The minimum Gasteiger partial charge on any atom is -0.392 e. The standard InChI is InChI=1S/C32H45NO10.2Ac/c1-15-19(25(43-41)23(35)17(3)33-28(38)18-10-8-7-9-11-18)13-32(40)16(2)26-30(6,20(34)12-21-31(26,39)14-42-21)27(37)24(36)22(15)29(32,4)5;;/h7-11,16-17,19-21,23-26,34-36,39-41H,12-14H2,1-6H3,(H,33,38);;/t16?,17?,19?,20?,21?,23?,24?,25-,26?,30-,31?,32?;;/m1../s1. The molecule has 0 aromatic heterocycles. The molecule has 4 aliphatic rings. The van der Waals surface area contributed by atoms with Crippen molar-refractivity contribution in [3.63, 3.8) is 0 Å². The molecule has 2 bridgehead atoms. The van der Waals surface area contributed by atoms with Crippen LogP contribution in [0, 0.1) is 117 Å². The minimum atomic E-state index is -1.76. The molecule has 1 aromatic carbocycles. The largest absolute Gasteiger partial charge is 0.392 e. The molecule has 2 radical (unpaired) electrons. The number of hydrogen-bond donors (Lipinski definition) is 7. The minimum absolute atomic E-state index is 0. The molecule has 13 heteroatoms. The Kier molecular flexibility index (Phi) is 12.6. The Morgan fingerprint density at radius 2 is 1.71 bits per heavy atom. The number of carbonyl (C=O) groups is 2. The summed E-state index contributed by atoms with van der Waals surface area (Å²) in [5.74, 6) is -3.84. The Morgan fingerprint density at radius 3 is 2.24 bits per heavy atom. The summed E-state index contributed by atoms with van der Waals surface area (Å²) in [4.78, 5) is 31.9. The second-order valence-electron chi connectivity index (χ2n) is 14.0. The van der Waals surface area contributed by atoms with Gasteiger partial charge in [0.05, 0.1) is 35.9 Å². The van der Waals surface area contributed by atoms with Gasteiger partial charge < -0.3 is 35.6 Å². The Labute approximate surface area is 335 Å². The maximum Gasteiger partial charge on any atom is 0.251 e. The summed E-state index contributed by atoms with van der Waals surface area (Å²) in [5.41, 5.74) is -5.02. The zero-order valence-electron chi connectivity index (χ0n) is 26.7. The molecule has 12 atom stereocenters. The van der Waals surface area contributed by atoms with E-state index in [-0.39, 0.29) is 113 Å². The molecule has 1 aromatic rings. The van der Waals surface area contributed by atoms with Crippen LogP contribution in [0.25, 0.3) is 0 Å². The number of rotatable bonds is 6. The van der Waals surface area contributed by atoms with Gasteiger partial charge >= 0.3 is 0 Å². The molecule has 1 amide bonds. The van der Waals surface area contributed by atoms with Crippen molar-refractivity contribution in [3.05, 3.63) is 47.0 Å². The molecule has 3 fully saturated rings. The van der Waals surface area contributed by atoms with Gasteiger partial charge in [-0.25, -0.2) is 4.89 Å². The number of benzene rings is 1. The van der Waals surface area contributed by atoms with E-state index in [1.165, 1.54) is 0 Å². The van der Waals surface area contributed by atoms with E-state index in [1.54, 1.807) is 71.9 Å². The van der Waals surface area contributed by atoms with Gasteiger partial charge in [0.25, 0.3) is 5.91 Å². The van der Waals surface area contributed by atoms with Gasteiger partial charge in [0.2, 0.25) is 0 Å². The van der Waals surface area contributed by atoms with Crippen molar-refractivity contribution in [2.24, 2.45) is 28.6 Å². The van der Waals surface area contributed by atoms with Gasteiger partial charge in [-0.05, 0) is 50.8 Å². The van der Waals surface area contributed by atoms with E-state index in [4.69, 9.17) is 9.62 Å². The molecular weight excluding hydrogens is 1010 g/mol. The average molecular weight is 1060 g/mol. The number of ketones is 1. The van der Waals surface area contributed by atoms with Crippen LogP contribution >= 0.6 is 0 Å². The molecular formula is C32H45Ac2NO10. The third kappa shape index (κ3) is 5.97. The number of amides is 1. The number of nitrogens with one attached hydrogen (secondary N) is 1. The summed E-state index contributed by atoms with van der Waals surface area (Å²) >= 11 is 0. The zero-order valence-corrected chi connectivity index (χ0v) is 36.2. The van der Waals surface area contributed by atoms with Gasteiger partial charge in [-0.15, -0.1) is 0 Å². The molecule has 2 saturated carbocycles. The van der Waals surface area contributed by atoms with Gasteiger partial charge in [0.15, 0.2) is 5.78 Å². The molecule has 7 N–H and O–H groups in total. The fraction of sp³-hybridized carbons (Fsp3) is 0.688. The van der Waals surface area contributed by atoms with Gasteiger partial charge in [0.1, 0.15) is 23.9 Å². The maximum absolute atomic E-state index is 14.3. The van der Waals surface area contributed by atoms with Crippen molar-refractivity contribution >= 4 is 11.7 Å². The van der Waals surface area contributed by atoms with Crippen LogP contribution in [-0.2, 0) is 14.4 Å². The molecule has 1 aliphatic heterocycles. The van der Waals surface area contributed by atoms with Gasteiger partial charge in [0, 0.05) is 117 Å². The number of ether oxygens (including phenoxy) is 1. The first-order valence-corrected chi connectivity index (χ1v) is 15.0. The third-order valence-electron chi connectivity index (χ3n) is 11.7. The second kappa shape index (κ2) is 14.1. The van der Waals surface area contributed by atoms with Crippen LogP contribution in [0.3, 0.4) is 0 Å². The van der Waals surface area contributed by atoms with E-state index in [9.17, 15) is 40.4 Å². The van der Waals surface area contributed by atoms with E-state index in [1.807, 2.05) is 0 Å². The Morgan fingerprint density at radius 1 is 1.11 bits per heavy atom.